The van der Waals surface area contributed by atoms with Gasteiger partial charge < -0.3 is 0 Å². The van der Waals surface area contributed by atoms with Gasteiger partial charge in [-0.3, -0.25) is 4.98 Å². The van der Waals surface area contributed by atoms with Crippen molar-refractivity contribution in [3.8, 4) is 0 Å². The molecule has 0 amide bonds. The molecule has 0 radical (unpaired) electrons. The Morgan fingerprint density at radius 3 is 2.75 bits per heavy atom. The van der Waals surface area contributed by atoms with E-state index in [1.54, 1.807) is 0 Å². The topological polar surface area (TPSA) is 12.9 Å². The zero-order valence-electron chi connectivity index (χ0n) is 12.5. The summed E-state index contributed by atoms with van der Waals surface area (Å²) in [4.78, 5) is 4.89. The summed E-state index contributed by atoms with van der Waals surface area (Å²) in [6.45, 7) is 4.98. The third kappa shape index (κ3) is 1.79. The summed E-state index contributed by atoms with van der Waals surface area (Å²) >= 11 is 0. The Hall–Kier alpha value is -1.37. The molecule has 1 aromatic heterocycles. The summed E-state index contributed by atoms with van der Waals surface area (Å²) in [6, 6.07) is 12.9. The molecule has 4 rings (SSSR count). The number of para-hydroxylation sites is 1. The minimum atomic E-state index is 0.510. The van der Waals surface area contributed by atoms with E-state index in [9.17, 15) is 0 Å². The van der Waals surface area contributed by atoms with Crippen LogP contribution in [-0.4, -0.2) is 4.98 Å². The fourth-order valence-electron chi connectivity index (χ4n) is 4.84. The quantitative estimate of drug-likeness (QED) is 0.756. The van der Waals surface area contributed by atoms with Crippen molar-refractivity contribution in [3.63, 3.8) is 0 Å². The number of pyridine rings is 1. The molecule has 1 aromatic carbocycles. The predicted octanol–water partition coefficient (Wildman–Crippen LogP) is 4.85. The van der Waals surface area contributed by atoms with Gasteiger partial charge in [0.25, 0.3) is 0 Å². The number of benzene rings is 1. The van der Waals surface area contributed by atoms with Crippen molar-refractivity contribution < 1.29 is 0 Å². The molecule has 2 aliphatic rings. The van der Waals surface area contributed by atoms with Crippen molar-refractivity contribution in [1.29, 1.82) is 0 Å². The van der Waals surface area contributed by atoms with Crippen molar-refractivity contribution >= 4 is 10.9 Å². The highest BCUT2D eigenvalue weighted by Gasteiger charge is 2.52. The second kappa shape index (κ2) is 4.31. The van der Waals surface area contributed by atoms with E-state index >= 15 is 0 Å². The van der Waals surface area contributed by atoms with Gasteiger partial charge in [0.15, 0.2) is 0 Å². The first-order valence-corrected chi connectivity index (χ1v) is 7.99. The second-order valence-corrected chi connectivity index (χ2v) is 7.40. The average molecular weight is 265 g/mol. The average Bonchev–Trinajstić information content (AvgIpc) is 3.01. The monoisotopic (exact) mass is 265 g/mol. The summed E-state index contributed by atoms with van der Waals surface area (Å²) in [7, 11) is 0. The molecule has 20 heavy (non-hydrogen) atoms. The van der Waals surface area contributed by atoms with Gasteiger partial charge in [-0.1, -0.05) is 38.1 Å². The van der Waals surface area contributed by atoms with Crippen LogP contribution in [0.25, 0.3) is 10.9 Å². The lowest BCUT2D eigenvalue weighted by Crippen LogP contribution is -2.32. The number of aromatic nitrogens is 1. The van der Waals surface area contributed by atoms with Crippen LogP contribution in [0.3, 0.4) is 0 Å². The van der Waals surface area contributed by atoms with Crippen molar-refractivity contribution in [1.82, 2.24) is 4.98 Å². The molecule has 2 aromatic rings. The first-order chi connectivity index (χ1) is 9.64. The maximum atomic E-state index is 4.89. The third-order valence-electron chi connectivity index (χ3n) is 6.14. The second-order valence-electron chi connectivity index (χ2n) is 7.40. The highest BCUT2D eigenvalue weighted by Crippen LogP contribution is 2.60. The molecular formula is C19H23N. The van der Waals surface area contributed by atoms with E-state index in [1.165, 1.54) is 36.8 Å². The van der Waals surface area contributed by atoms with Crippen LogP contribution in [0.5, 0.6) is 0 Å². The van der Waals surface area contributed by atoms with E-state index in [2.05, 4.69) is 50.2 Å². The maximum absolute atomic E-state index is 4.89. The van der Waals surface area contributed by atoms with Crippen LogP contribution < -0.4 is 0 Å². The summed E-state index contributed by atoms with van der Waals surface area (Å²) in [5.74, 6) is 2.73. The Morgan fingerprint density at radius 2 is 1.95 bits per heavy atom. The van der Waals surface area contributed by atoms with Gasteiger partial charge in [0.2, 0.25) is 0 Å². The summed E-state index contributed by atoms with van der Waals surface area (Å²) < 4.78 is 0. The first-order valence-electron chi connectivity index (χ1n) is 7.99. The van der Waals surface area contributed by atoms with Crippen molar-refractivity contribution in [2.24, 2.45) is 23.2 Å². The molecule has 3 unspecified atom stereocenters. The smallest absolute Gasteiger partial charge is 0.0705 e. The zero-order valence-corrected chi connectivity index (χ0v) is 12.5. The van der Waals surface area contributed by atoms with E-state index in [-0.39, 0.29) is 0 Å². The van der Waals surface area contributed by atoms with E-state index in [0.29, 0.717) is 5.41 Å². The number of hydrogen-bond acceptors (Lipinski definition) is 1. The standard InChI is InChI=1S/C19H23N/c1-19(2)15-9-7-14(11-15)17(19)12-16-10-8-13-5-3-4-6-18(13)20-16/h3-6,8,10,14-15,17H,7,9,11-12H2,1-2H3. The molecule has 0 saturated heterocycles. The lowest BCUT2D eigenvalue weighted by Gasteiger charge is -2.38. The highest BCUT2D eigenvalue weighted by atomic mass is 14.7. The molecule has 1 nitrogen and oxygen atoms in total. The van der Waals surface area contributed by atoms with Gasteiger partial charge >= 0.3 is 0 Å². The fourth-order valence-corrected chi connectivity index (χ4v) is 4.84. The van der Waals surface area contributed by atoms with E-state index in [1.807, 2.05) is 0 Å². The third-order valence-corrected chi connectivity index (χ3v) is 6.14. The van der Waals surface area contributed by atoms with Crippen LogP contribution in [-0.2, 0) is 6.42 Å². The Labute approximate surface area is 121 Å². The van der Waals surface area contributed by atoms with E-state index < -0.39 is 0 Å². The molecular weight excluding hydrogens is 242 g/mol. The lowest BCUT2D eigenvalue weighted by molar-refractivity contribution is 0.121. The van der Waals surface area contributed by atoms with Gasteiger partial charge in [0.05, 0.1) is 5.52 Å². The number of fused-ring (bicyclic) bond motifs is 3. The Kier molecular flexibility index (Phi) is 2.67. The SMILES string of the molecule is CC1(C)C2CCC(C2)C1Cc1ccc2ccccc2n1. The molecule has 2 saturated carbocycles. The molecule has 3 atom stereocenters. The molecule has 1 heteroatoms. The van der Waals surface area contributed by atoms with Crippen molar-refractivity contribution in [3.05, 3.63) is 42.1 Å². The van der Waals surface area contributed by atoms with Gasteiger partial charge in [0.1, 0.15) is 0 Å². The molecule has 0 N–H and O–H groups in total. The van der Waals surface area contributed by atoms with Gasteiger partial charge in [-0.15, -0.1) is 0 Å². The first kappa shape index (κ1) is 12.4. The Morgan fingerprint density at radius 1 is 1.10 bits per heavy atom. The maximum Gasteiger partial charge on any atom is 0.0705 e. The van der Waals surface area contributed by atoms with Crippen molar-refractivity contribution in [2.45, 2.75) is 39.5 Å². The van der Waals surface area contributed by atoms with Crippen LogP contribution in [0.1, 0.15) is 38.8 Å². The number of hydrogen-bond donors (Lipinski definition) is 0. The molecule has 0 spiro atoms. The zero-order chi connectivity index (χ0) is 13.7. The van der Waals surface area contributed by atoms with Crippen LogP contribution in [0.15, 0.2) is 36.4 Å². The van der Waals surface area contributed by atoms with E-state index in [4.69, 9.17) is 4.98 Å². The minimum absolute atomic E-state index is 0.510. The Balaban J connectivity index is 1.64. The molecule has 0 aliphatic heterocycles. The molecule has 1 heterocycles. The summed E-state index contributed by atoms with van der Waals surface area (Å²) in [6.07, 6.45) is 5.54. The van der Waals surface area contributed by atoms with Crippen LogP contribution >= 0.6 is 0 Å². The van der Waals surface area contributed by atoms with Crippen LogP contribution in [0, 0.1) is 23.2 Å². The van der Waals surface area contributed by atoms with Gasteiger partial charge in [-0.2, -0.15) is 0 Å². The van der Waals surface area contributed by atoms with E-state index in [0.717, 1.165) is 23.3 Å². The van der Waals surface area contributed by atoms with Crippen molar-refractivity contribution in [2.75, 3.05) is 0 Å². The summed E-state index contributed by atoms with van der Waals surface area (Å²) in [5, 5.41) is 1.25. The predicted molar refractivity (Wildman–Crippen MR) is 83.5 cm³/mol. The largest absolute Gasteiger partial charge is 0.253 e. The highest BCUT2D eigenvalue weighted by molar-refractivity contribution is 5.78. The molecule has 2 bridgehead atoms. The normalized spacial score (nSPS) is 31.0. The molecule has 2 fully saturated rings. The fraction of sp³-hybridized carbons (Fsp3) is 0.526. The van der Waals surface area contributed by atoms with Gasteiger partial charge in [-0.05, 0) is 61.0 Å². The molecule has 2 aliphatic carbocycles. The van der Waals surface area contributed by atoms with Gasteiger partial charge in [-0.25, -0.2) is 0 Å². The van der Waals surface area contributed by atoms with Gasteiger partial charge in [0, 0.05) is 11.1 Å². The van der Waals surface area contributed by atoms with Crippen LogP contribution in [0.2, 0.25) is 0 Å². The number of nitrogens with zero attached hydrogens (tertiary/aromatic N) is 1. The lowest BCUT2D eigenvalue weighted by atomic mass is 9.67. The molecule has 104 valence electrons. The Bertz CT molecular complexity index is 643. The number of rotatable bonds is 2. The minimum Gasteiger partial charge on any atom is -0.253 e. The van der Waals surface area contributed by atoms with Crippen LogP contribution in [0.4, 0.5) is 0 Å². The summed E-state index contributed by atoms with van der Waals surface area (Å²) in [5.41, 5.74) is 2.94.